The fourth-order valence-electron chi connectivity index (χ4n) is 2.38. The second-order valence-electron chi connectivity index (χ2n) is 5.76. The van der Waals surface area contributed by atoms with Crippen molar-refractivity contribution < 1.29 is 24.1 Å². The number of carboxylic acids is 1. The van der Waals surface area contributed by atoms with Gasteiger partial charge < -0.3 is 19.3 Å². The smallest absolute Gasteiger partial charge is 0.343 e. The highest BCUT2D eigenvalue weighted by molar-refractivity contribution is 6.15. The summed E-state index contributed by atoms with van der Waals surface area (Å²) < 4.78 is 16.5. The van der Waals surface area contributed by atoms with Gasteiger partial charge in [0.2, 0.25) is 0 Å². The van der Waals surface area contributed by atoms with Crippen LogP contribution in [0.25, 0.3) is 5.57 Å². The van der Waals surface area contributed by atoms with Crippen LogP contribution in [0.1, 0.15) is 11.1 Å². The van der Waals surface area contributed by atoms with Crippen molar-refractivity contribution in [3.8, 4) is 17.5 Å². The van der Waals surface area contributed by atoms with Gasteiger partial charge in [-0.1, -0.05) is 36.4 Å². The number of nitrogens with zero attached hydrogens (tertiary/aromatic N) is 2. The number of carbonyl (C=O) groups is 1. The molecule has 7 heteroatoms. The molecule has 0 aliphatic heterocycles. The quantitative estimate of drug-likeness (QED) is 0.490. The van der Waals surface area contributed by atoms with E-state index in [9.17, 15) is 9.90 Å². The van der Waals surface area contributed by atoms with Crippen LogP contribution in [-0.4, -0.2) is 28.2 Å². The number of hydrogen-bond acceptors (Lipinski definition) is 6. The van der Waals surface area contributed by atoms with Gasteiger partial charge in [-0.2, -0.15) is 0 Å². The van der Waals surface area contributed by atoms with E-state index < -0.39 is 5.97 Å². The standard InChI is InChI=1S/C21H18N2O5/c1-14-12-22-21(23-13-14)28-17-10-6-9-16(11-17)27-20(26-2)18(19(24)25)15-7-4-3-5-8-15/h3-13H,1-2H3,(H,24,25). The normalized spacial score (nSPS) is 11.4. The van der Waals surface area contributed by atoms with Gasteiger partial charge in [-0.15, -0.1) is 0 Å². The van der Waals surface area contributed by atoms with Gasteiger partial charge in [-0.25, -0.2) is 14.8 Å². The SMILES string of the molecule is COC(Oc1cccc(Oc2ncc(C)cn2)c1)=C(C(=O)O)c1ccccc1. The Morgan fingerprint density at radius 2 is 1.64 bits per heavy atom. The van der Waals surface area contributed by atoms with E-state index in [1.54, 1.807) is 67.0 Å². The maximum Gasteiger partial charge on any atom is 0.343 e. The third-order valence-electron chi connectivity index (χ3n) is 3.65. The molecule has 1 heterocycles. The average Bonchev–Trinajstić information content (AvgIpc) is 2.70. The Kier molecular flexibility index (Phi) is 5.86. The number of aliphatic carboxylic acids is 1. The average molecular weight is 378 g/mol. The van der Waals surface area contributed by atoms with Crippen LogP contribution in [0.3, 0.4) is 0 Å². The second kappa shape index (κ2) is 8.68. The van der Waals surface area contributed by atoms with Gasteiger partial charge in [0.15, 0.2) is 0 Å². The van der Waals surface area contributed by atoms with Crippen molar-refractivity contribution in [1.82, 2.24) is 9.97 Å². The lowest BCUT2D eigenvalue weighted by atomic mass is 10.1. The first-order valence-electron chi connectivity index (χ1n) is 8.38. The minimum Gasteiger partial charge on any atom is -0.477 e. The Morgan fingerprint density at radius 1 is 0.964 bits per heavy atom. The second-order valence-corrected chi connectivity index (χ2v) is 5.76. The summed E-state index contributed by atoms with van der Waals surface area (Å²) in [5.74, 6) is -0.518. The van der Waals surface area contributed by atoms with Gasteiger partial charge in [0.1, 0.15) is 17.1 Å². The molecule has 142 valence electrons. The van der Waals surface area contributed by atoms with Gasteiger partial charge in [-0.05, 0) is 30.2 Å². The molecule has 3 aromatic rings. The molecule has 0 unspecified atom stereocenters. The summed E-state index contributed by atoms with van der Waals surface area (Å²) in [5, 5.41) is 9.62. The van der Waals surface area contributed by atoms with E-state index in [0.717, 1.165) is 5.56 Å². The summed E-state index contributed by atoms with van der Waals surface area (Å²) in [7, 11) is 1.35. The van der Waals surface area contributed by atoms with E-state index in [1.165, 1.54) is 7.11 Å². The van der Waals surface area contributed by atoms with Crippen LogP contribution in [0, 0.1) is 6.92 Å². The Balaban J connectivity index is 1.88. The summed E-state index contributed by atoms with van der Waals surface area (Å²) in [6, 6.07) is 15.5. The van der Waals surface area contributed by atoms with Gasteiger partial charge in [0, 0.05) is 18.5 Å². The zero-order valence-corrected chi connectivity index (χ0v) is 15.3. The summed E-state index contributed by atoms with van der Waals surface area (Å²) in [6.07, 6.45) is 3.29. The molecule has 7 nitrogen and oxygen atoms in total. The lowest BCUT2D eigenvalue weighted by Crippen LogP contribution is -2.09. The monoisotopic (exact) mass is 378 g/mol. The summed E-state index contributed by atoms with van der Waals surface area (Å²) in [6.45, 7) is 1.88. The maximum atomic E-state index is 11.8. The minimum atomic E-state index is -1.16. The molecule has 0 aliphatic carbocycles. The zero-order chi connectivity index (χ0) is 19.9. The van der Waals surface area contributed by atoms with Gasteiger partial charge in [0.05, 0.1) is 7.11 Å². The van der Waals surface area contributed by atoms with Crippen molar-refractivity contribution >= 4 is 11.5 Å². The number of benzene rings is 2. The van der Waals surface area contributed by atoms with Crippen molar-refractivity contribution in [3.63, 3.8) is 0 Å². The molecule has 0 spiro atoms. The number of aryl methyl sites for hydroxylation is 1. The molecule has 0 saturated carbocycles. The van der Waals surface area contributed by atoms with Crippen LogP contribution < -0.4 is 9.47 Å². The minimum absolute atomic E-state index is 0.0868. The van der Waals surface area contributed by atoms with E-state index in [1.807, 2.05) is 6.92 Å². The van der Waals surface area contributed by atoms with Crippen LogP contribution in [0.15, 0.2) is 72.9 Å². The highest BCUT2D eigenvalue weighted by Gasteiger charge is 2.20. The van der Waals surface area contributed by atoms with Crippen molar-refractivity contribution in [2.75, 3.05) is 7.11 Å². The third kappa shape index (κ3) is 4.64. The summed E-state index contributed by atoms with van der Waals surface area (Å²) in [5.41, 5.74) is 1.30. The highest BCUT2D eigenvalue weighted by atomic mass is 16.7. The summed E-state index contributed by atoms with van der Waals surface area (Å²) >= 11 is 0. The van der Waals surface area contributed by atoms with E-state index in [2.05, 4.69) is 9.97 Å². The first kappa shape index (κ1) is 18.9. The molecule has 0 bridgehead atoms. The summed E-state index contributed by atoms with van der Waals surface area (Å²) in [4.78, 5) is 19.9. The van der Waals surface area contributed by atoms with Crippen LogP contribution in [0.2, 0.25) is 0 Å². The first-order valence-corrected chi connectivity index (χ1v) is 8.38. The van der Waals surface area contributed by atoms with Crippen molar-refractivity contribution in [3.05, 3.63) is 84.1 Å². The van der Waals surface area contributed by atoms with E-state index in [0.29, 0.717) is 17.1 Å². The maximum absolute atomic E-state index is 11.8. The molecule has 0 radical (unpaired) electrons. The molecule has 0 aliphatic rings. The molecule has 2 aromatic carbocycles. The van der Waals surface area contributed by atoms with Gasteiger partial charge in [0.25, 0.3) is 5.95 Å². The third-order valence-corrected chi connectivity index (χ3v) is 3.65. The number of methoxy groups -OCH3 is 1. The number of rotatable bonds is 7. The molecule has 0 atom stereocenters. The predicted molar refractivity (Wildman–Crippen MR) is 102 cm³/mol. The molecule has 0 saturated heterocycles. The van der Waals surface area contributed by atoms with Crippen LogP contribution in [0.5, 0.6) is 17.5 Å². The molecular weight excluding hydrogens is 360 g/mol. The Bertz CT molecular complexity index is 985. The van der Waals surface area contributed by atoms with Crippen molar-refractivity contribution in [2.24, 2.45) is 0 Å². The predicted octanol–water partition coefficient (Wildman–Crippen LogP) is 4.06. The number of aromatic nitrogens is 2. The molecule has 1 N–H and O–H groups in total. The molecule has 28 heavy (non-hydrogen) atoms. The Hall–Kier alpha value is -3.87. The highest BCUT2D eigenvalue weighted by Crippen LogP contribution is 2.27. The van der Waals surface area contributed by atoms with Crippen LogP contribution in [0.4, 0.5) is 0 Å². The van der Waals surface area contributed by atoms with Crippen molar-refractivity contribution in [1.29, 1.82) is 0 Å². The van der Waals surface area contributed by atoms with Gasteiger partial charge in [-0.3, -0.25) is 0 Å². The molecule has 3 rings (SSSR count). The topological polar surface area (TPSA) is 90.8 Å². The van der Waals surface area contributed by atoms with E-state index in [4.69, 9.17) is 14.2 Å². The Morgan fingerprint density at radius 3 is 2.29 bits per heavy atom. The Labute approximate surface area is 161 Å². The first-order chi connectivity index (χ1) is 13.6. The molecule has 0 amide bonds. The fourth-order valence-corrected chi connectivity index (χ4v) is 2.38. The number of hydrogen-bond donors (Lipinski definition) is 1. The number of carboxylic acid groups (broad SMARTS) is 1. The lowest BCUT2D eigenvalue weighted by molar-refractivity contribution is -0.130. The molecule has 0 fully saturated rings. The van der Waals surface area contributed by atoms with E-state index in [-0.39, 0.29) is 17.5 Å². The van der Waals surface area contributed by atoms with Crippen molar-refractivity contribution in [2.45, 2.75) is 6.92 Å². The van der Waals surface area contributed by atoms with E-state index >= 15 is 0 Å². The van der Waals surface area contributed by atoms with Gasteiger partial charge >= 0.3 is 12.0 Å². The fraction of sp³-hybridized carbons (Fsp3) is 0.0952. The lowest BCUT2D eigenvalue weighted by Gasteiger charge is -2.13. The number of ether oxygens (including phenoxy) is 3. The molecular formula is C21H18N2O5. The largest absolute Gasteiger partial charge is 0.477 e. The zero-order valence-electron chi connectivity index (χ0n) is 15.3. The van der Waals surface area contributed by atoms with Crippen LogP contribution >= 0.6 is 0 Å². The molecule has 1 aromatic heterocycles. The van der Waals surface area contributed by atoms with Crippen LogP contribution in [-0.2, 0) is 9.53 Å².